The number of aliphatic hydroxyl groups excluding tert-OH is 2. The van der Waals surface area contributed by atoms with Crippen LogP contribution in [0.3, 0.4) is 0 Å². The number of aromatic nitrogens is 1. The number of ether oxygens (including phenoxy) is 1. The zero-order chi connectivity index (χ0) is 33.1. The summed E-state index contributed by atoms with van der Waals surface area (Å²) in [5, 5.41) is 24.7. The van der Waals surface area contributed by atoms with Crippen LogP contribution in [0.1, 0.15) is 126 Å². The van der Waals surface area contributed by atoms with Crippen molar-refractivity contribution in [3.63, 3.8) is 0 Å². The van der Waals surface area contributed by atoms with Crippen molar-refractivity contribution >= 4 is 28.5 Å². The molecule has 8 rings (SSSR count). The molecule has 2 unspecified atom stereocenters. The molecule has 2 saturated carbocycles. The molecule has 0 amide bonds. The molecule has 0 saturated heterocycles. The first-order valence-electron chi connectivity index (χ1n) is 17.3. The maximum Gasteiger partial charge on any atom is 0.192 e. The molecular weight excluding hydrogens is 574 g/mol. The fourth-order valence-electron chi connectivity index (χ4n) is 12.4. The highest BCUT2D eigenvalue weighted by Crippen LogP contribution is 2.71. The predicted molar refractivity (Wildman–Crippen MR) is 180 cm³/mol. The monoisotopic (exact) mass is 623 g/mol. The molecule has 2 aliphatic heterocycles. The average molecular weight is 624 g/mol. The maximum atomic E-state index is 14.8. The number of allylic oxidation sites excluding steroid dienone is 2. The lowest BCUT2D eigenvalue weighted by Gasteiger charge is -2.64. The van der Waals surface area contributed by atoms with Crippen LogP contribution in [0, 0.1) is 28.6 Å². The Morgan fingerprint density at radius 1 is 1.09 bits per heavy atom. The lowest BCUT2D eigenvalue weighted by Crippen LogP contribution is -2.62. The minimum Gasteiger partial charge on any atom is -0.392 e. The molecule has 0 bridgehead atoms. The molecule has 2 fully saturated rings. The van der Waals surface area contributed by atoms with Gasteiger partial charge in [0.1, 0.15) is 12.3 Å². The van der Waals surface area contributed by atoms with Crippen LogP contribution >= 0.6 is 0 Å². The van der Waals surface area contributed by atoms with E-state index >= 15 is 0 Å². The Labute approximate surface area is 272 Å². The van der Waals surface area contributed by atoms with Gasteiger partial charge in [0.2, 0.25) is 0 Å². The van der Waals surface area contributed by atoms with Crippen LogP contribution in [0.5, 0.6) is 0 Å². The molecule has 4 aliphatic carbocycles. The number of Topliss-reactive ketones (excluding diaryl/α,β-unsaturated/α-hetero) is 1. The molecule has 3 heterocycles. The zero-order valence-electron chi connectivity index (χ0n) is 28.7. The van der Waals surface area contributed by atoms with Gasteiger partial charge >= 0.3 is 0 Å². The first-order valence-corrected chi connectivity index (χ1v) is 17.3. The summed E-state index contributed by atoms with van der Waals surface area (Å²) < 4.78 is 8.85. The van der Waals surface area contributed by atoms with Gasteiger partial charge in [-0.1, -0.05) is 39.0 Å². The number of carbonyl (C=O) groups is 2. The van der Waals surface area contributed by atoms with Crippen LogP contribution in [-0.2, 0) is 21.4 Å². The topological polar surface area (TPSA) is 88.8 Å². The van der Waals surface area contributed by atoms with Gasteiger partial charge in [0, 0.05) is 33.4 Å². The molecular formula is C40H49NO5. The van der Waals surface area contributed by atoms with Gasteiger partial charge in [0.05, 0.1) is 34.5 Å². The summed E-state index contributed by atoms with van der Waals surface area (Å²) in [4.78, 5) is 26.2. The van der Waals surface area contributed by atoms with E-state index in [4.69, 9.17) is 4.74 Å². The first kappa shape index (κ1) is 30.5. The van der Waals surface area contributed by atoms with Crippen molar-refractivity contribution in [2.24, 2.45) is 28.6 Å². The minimum absolute atomic E-state index is 0.0332. The Morgan fingerprint density at radius 3 is 2.48 bits per heavy atom. The van der Waals surface area contributed by atoms with Gasteiger partial charge in [-0.2, -0.15) is 0 Å². The predicted octanol–water partition coefficient (Wildman–Crippen LogP) is 7.35. The molecule has 2 N–H and O–H groups in total. The van der Waals surface area contributed by atoms with E-state index in [2.05, 4.69) is 71.8 Å². The number of rotatable bonds is 3. The molecule has 0 spiro atoms. The highest BCUT2D eigenvalue weighted by atomic mass is 16.5. The molecule has 9 atom stereocenters. The van der Waals surface area contributed by atoms with Crippen molar-refractivity contribution in [1.82, 2.24) is 4.57 Å². The van der Waals surface area contributed by atoms with Gasteiger partial charge in [-0.25, -0.2) is 0 Å². The lowest BCUT2D eigenvalue weighted by molar-refractivity contribution is -0.145. The van der Waals surface area contributed by atoms with E-state index < -0.39 is 34.9 Å². The van der Waals surface area contributed by atoms with Crippen LogP contribution in [0.4, 0.5) is 0 Å². The maximum absolute atomic E-state index is 14.8. The van der Waals surface area contributed by atoms with Gasteiger partial charge in [0.15, 0.2) is 5.78 Å². The summed E-state index contributed by atoms with van der Waals surface area (Å²) in [6, 6.07) is 1.78. The number of carbonyl (C=O) groups excluding carboxylic acids is 2. The highest BCUT2D eigenvalue weighted by molar-refractivity contribution is 6.18. The van der Waals surface area contributed by atoms with Crippen LogP contribution in [-0.4, -0.2) is 44.2 Å². The summed E-state index contributed by atoms with van der Waals surface area (Å²) in [7, 11) is 0. The number of hydrogen-bond acceptors (Lipinski definition) is 5. The number of benzene rings is 1. The number of hydrogen-bond donors (Lipinski definition) is 2. The zero-order valence-corrected chi connectivity index (χ0v) is 28.7. The molecule has 1 aromatic heterocycles. The molecule has 2 aromatic rings. The third-order valence-corrected chi connectivity index (χ3v) is 14.1. The number of nitrogens with zero attached hydrogens (tertiary/aromatic N) is 1. The van der Waals surface area contributed by atoms with E-state index in [0.717, 1.165) is 65.1 Å². The third-order valence-electron chi connectivity index (χ3n) is 14.1. The number of ketones is 1. The van der Waals surface area contributed by atoms with E-state index in [0.29, 0.717) is 17.9 Å². The van der Waals surface area contributed by atoms with Crippen molar-refractivity contribution in [2.45, 2.75) is 122 Å². The second-order valence-corrected chi connectivity index (χ2v) is 17.3. The molecule has 46 heavy (non-hydrogen) atoms. The van der Waals surface area contributed by atoms with Gasteiger partial charge in [-0.3, -0.25) is 9.59 Å². The molecule has 0 radical (unpaired) electrons. The van der Waals surface area contributed by atoms with Gasteiger partial charge in [0.25, 0.3) is 0 Å². The number of aldehydes is 1. The van der Waals surface area contributed by atoms with Gasteiger partial charge < -0.3 is 19.5 Å². The Hall–Kier alpha value is -2.80. The van der Waals surface area contributed by atoms with E-state index in [1.54, 1.807) is 6.08 Å². The Kier molecular flexibility index (Phi) is 5.97. The summed E-state index contributed by atoms with van der Waals surface area (Å²) >= 11 is 0. The first-order chi connectivity index (χ1) is 21.4. The second-order valence-electron chi connectivity index (χ2n) is 17.3. The highest BCUT2D eigenvalue weighted by Gasteiger charge is 2.67. The second kappa shape index (κ2) is 9.00. The van der Waals surface area contributed by atoms with Crippen LogP contribution < -0.4 is 0 Å². The fraction of sp³-hybridized carbons (Fsp3) is 0.600. The smallest absolute Gasteiger partial charge is 0.192 e. The Balaban J connectivity index is 1.42. The van der Waals surface area contributed by atoms with Gasteiger partial charge in [-0.05, 0) is 119 Å². The summed E-state index contributed by atoms with van der Waals surface area (Å²) in [5.74, 6) is 0.341. The van der Waals surface area contributed by atoms with Crippen LogP contribution in [0.15, 0.2) is 36.4 Å². The van der Waals surface area contributed by atoms with Crippen LogP contribution in [0.2, 0.25) is 0 Å². The average Bonchev–Trinajstić information content (AvgIpc) is 3.62. The standard InChI is InChI=1S/C40H49NO5/c1-20(2)31-34(45)29-28-22(25-19-36(3,4)46-37(5,6)30(25)33(28)44)18-23-24-17-21-11-12-26-38(7,14-10-16-42)27(43)13-15-39(26,8)40(21,9)35(24)41(31)32(23)29/h10,14,16,18-19,21,26-27,30-31,33,43-44H,1,11-13,15,17H2,2-9H3/b14-10+/t21?,26-,27-,30?,31-,33+,38-,39-,40+/m0/s1. The van der Waals surface area contributed by atoms with E-state index in [-0.39, 0.29) is 28.4 Å². The number of fused-ring (bicyclic) bond motifs is 11. The van der Waals surface area contributed by atoms with Gasteiger partial charge in [-0.15, -0.1) is 0 Å². The van der Waals surface area contributed by atoms with Crippen LogP contribution in [0.25, 0.3) is 16.5 Å². The number of aliphatic hydroxyl groups is 2. The van der Waals surface area contributed by atoms with Crippen molar-refractivity contribution < 1.29 is 24.5 Å². The summed E-state index contributed by atoms with van der Waals surface area (Å²) in [6.07, 6.45) is 9.68. The van der Waals surface area contributed by atoms with Crippen molar-refractivity contribution in [2.75, 3.05) is 0 Å². The summed E-state index contributed by atoms with van der Waals surface area (Å²) in [5.41, 5.74) is 5.80. The van der Waals surface area contributed by atoms with Crippen molar-refractivity contribution in [3.05, 3.63) is 64.4 Å². The van der Waals surface area contributed by atoms with Crippen molar-refractivity contribution in [1.29, 1.82) is 0 Å². The molecule has 244 valence electrons. The normalized spacial score (nSPS) is 41.2. The Bertz CT molecular complexity index is 1840. The van der Waals surface area contributed by atoms with E-state index in [1.807, 2.05) is 13.0 Å². The van der Waals surface area contributed by atoms with Crippen molar-refractivity contribution in [3.8, 4) is 0 Å². The summed E-state index contributed by atoms with van der Waals surface area (Å²) in [6.45, 7) is 21.6. The third kappa shape index (κ3) is 3.34. The SMILES string of the molecule is C=C(C)[C@H]1C(=O)c2c3c(cc4c5c(n1c24)[C@@]1(C)C(CC[C@H]2[C@](C)(/C=C/C=O)[C@@H](O)CC[C@@]21C)C5)C1=CC(C)(C)OC(C)(C)C1[C@@H]3O. The van der Waals surface area contributed by atoms with E-state index in [1.165, 1.54) is 11.3 Å². The molecule has 6 heteroatoms. The fourth-order valence-corrected chi connectivity index (χ4v) is 12.4. The molecule has 6 aliphatic rings. The molecule has 6 nitrogen and oxygen atoms in total. The minimum atomic E-state index is -0.845. The largest absolute Gasteiger partial charge is 0.392 e. The Morgan fingerprint density at radius 2 is 1.80 bits per heavy atom. The van der Waals surface area contributed by atoms with E-state index in [9.17, 15) is 19.8 Å². The quantitative estimate of drug-likeness (QED) is 0.212. The molecule has 1 aromatic carbocycles. The lowest BCUT2D eigenvalue weighted by atomic mass is 9.40.